The second kappa shape index (κ2) is 3.26. The summed E-state index contributed by atoms with van der Waals surface area (Å²) in [5.74, 6) is 2.48. The zero-order valence-corrected chi connectivity index (χ0v) is 8.54. The number of rotatable bonds is 0. The molecule has 0 aromatic heterocycles. The summed E-state index contributed by atoms with van der Waals surface area (Å²) in [6.45, 7) is 6.78. The first kappa shape index (κ1) is 9.24. The van der Waals surface area contributed by atoms with Gasteiger partial charge in [-0.05, 0) is 24.2 Å². The predicted molar refractivity (Wildman–Crippen MR) is 50.1 cm³/mol. The number of hydrogen-bond acceptors (Lipinski definition) is 1. The van der Waals surface area contributed by atoms with E-state index in [4.69, 9.17) is 0 Å². The van der Waals surface area contributed by atoms with Gasteiger partial charge in [0.15, 0.2) is 0 Å². The van der Waals surface area contributed by atoms with Gasteiger partial charge in [0.25, 0.3) is 0 Å². The Balaban J connectivity index is 2.60. The summed E-state index contributed by atoms with van der Waals surface area (Å²) in [4.78, 5) is 0. The van der Waals surface area contributed by atoms with E-state index in [-0.39, 0.29) is 0 Å². The highest BCUT2D eigenvalue weighted by Crippen LogP contribution is 2.32. The molecule has 0 saturated carbocycles. The minimum absolute atomic E-state index is 0.422. The predicted octanol–water partition coefficient (Wildman–Crippen LogP) is 2.19. The van der Waals surface area contributed by atoms with Crippen LogP contribution in [0.5, 0.6) is 0 Å². The Morgan fingerprint density at radius 1 is 1.45 bits per heavy atom. The maximum atomic E-state index is 11.3. The smallest absolute Gasteiger partial charge is 0.0260 e. The van der Waals surface area contributed by atoms with Crippen LogP contribution in [0.2, 0.25) is 0 Å². The standard InChI is InChI=1S/C9H18OS/c1-8-6-9(2,3)4-5-11(10)7-8/h8H,4-7H2,1-3H3. The van der Waals surface area contributed by atoms with Gasteiger partial charge < -0.3 is 0 Å². The molecule has 0 aliphatic carbocycles. The van der Waals surface area contributed by atoms with E-state index in [2.05, 4.69) is 20.8 Å². The van der Waals surface area contributed by atoms with Gasteiger partial charge in [0, 0.05) is 22.3 Å². The summed E-state index contributed by atoms with van der Waals surface area (Å²) in [5, 5.41) is 0. The molecule has 1 aliphatic heterocycles. The fourth-order valence-electron chi connectivity index (χ4n) is 1.90. The molecule has 66 valence electrons. The van der Waals surface area contributed by atoms with Gasteiger partial charge in [-0.1, -0.05) is 20.8 Å². The first-order valence-corrected chi connectivity index (χ1v) is 5.83. The summed E-state index contributed by atoms with van der Waals surface area (Å²) in [6.07, 6.45) is 2.36. The van der Waals surface area contributed by atoms with Gasteiger partial charge in [-0.15, -0.1) is 0 Å². The quantitative estimate of drug-likeness (QED) is 0.550. The Hall–Kier alpha value is 0.150. The van der Waals surface area contributed by atoms with Crippen molar-refractivity contribution in [2.45, 2.75) is 33.6 Å². The molecule has 1 rings (SSSR count). The van der Waals surface area contributed by atoms with Gasteiger partial charge in [-0.2, -0.15) is 0 Å². The van der Waals surface area contributed by atoms with E-state index in [1.165, 1.54) is 6.42 Å². The first-order chi connectivity index (χ1) is 4.99. The Kier molecular flexibility index (Phi) is 2.74. The van der Waals surface area contributed by atoms with E-state index < -0.39 is 10.8 Å². The van der Waals surface area contributed by atoms with Crippen LogP contribution >= 0.6 is 0 Å². The fourth-order valence-corrected chi connectivity index (χ4v) is 3.59. The lowest BCUT2D eigenvalue weighted by atomic mass is 9.82. The van der Waals surface area contributed by atoms with Crippen LogP contribution in [0.15, 0.2) is 0 Å². The molecular weight excluding hydrogens is 156 g/mol. The highest BCUT2D eigenvalue weighted by molar-refractivity contribution is 7.84. The Morgan fingerprint density at radius 2 is 2.09 bits per heavy atom. The van der Waals surface area contributed by atoms with Crippen molar-refractivity contribution in [2.24, 2.45) is 11.3 Å². The van der Waals surface area contributed by atoms with Crippen molar-refractivity contribution in [3.05, 3.63) is 0 Å². The summed E-state index contributed by atoms with van der Waals surface area (Å²) in [6, 6.07) is 0. The lowest BCUT2D eigenvalue weighted by molar-refractivity contribution is 0.287. The van der Waals surface area contributed by atoms with Crippen LogP contribution in [0, 0.1) is 11.3 Å². The summed E-state index contributed by atoms with van der Waals surface area (Å²) in [5.41, 5.74) is 0.422. The molecule has 0 N–H and O–H groups in total. The molecule has 1 saturated heterocycles. The molecule has 0 spiro atoms. The van der Waals surface area contributed by atoms with E-state index in [0.29, 0.717) is 11.3 Å². The third-order valence-corrected chi connectivity index (χ3v) is 3.98. The maximum Gasteiger partial charge on any atom is 0.0260 e. The fraction of sp³-hybridized carbons (Fsp3) is 1.00. The van der Waals surface area contributed by atoms with Crippen molar-refractivity contribution in [3.8, 4) is 0 Å². The Labute approximate surface area is 72.0 Å². The topological polar surface area (TPSA) is 17.1 Å². The molecule has 2 atom stereocenters. The van der Waals surface area contributed by atoms with Crippen LogP contribution in [0.25, 0.3) is 0 Å². The molecule has 0 radical (unpaired) electrons. The minimum atomic E-state index is -0.534. The zero-order chi connectivity index (χ0) is 8.48. The molecule has 1 fully saturated rings. The maximum absolute atomic E-state index is 11.3. The van der Waals surface area contributed by atoms with E-state index in [0.717, 1.165) is 17.9 Å². The van der Waals surface area contributed by atoms with Gasteiger partial charge >= 0.3 is 0 Å². The van der Waals surface area contributed by atoms with Crippen molar-refractivity contribution in [3.63, 3.8) is 0 Å². The molecule has 2 unspecified atom stereocenters. The minimum Gasteiger partial charge on any atom is -0.260 e. The van der Waals surface area contributed by atoms with Crippen molar-refractivity contribution in [1.82, 2.24) is 0 Å². The average molecular weight is 174 g/mol. The van der Waals surface area contributed by atoms with E-state index in [1.807, 2.05) is 0 Å². The molecule has 0 aromatic carbocycles. The van der Waals surface area contributed by atoms with Gasteiger partial charge in [0.1, 0.15) is 0 Å². The molecule has 1 aliphatic rings. The van der Waals surface area contributed by atoms with Crippen LogP contribution in [0.1, 0.15) is 33.6 Å². The Bertz CT molecular complexity index is 163. The lowest BCUT2D eigenvalue weighted by Crippen LogP contribution is -2.14. The monoisotopic (exact) mass is 174 g/mol. The van der Waals surface area contributed by atoms with E-state index >= 15 is 0 Å². The summed E-state index contributed by atoms with van der Waals surface area (Å²) < 4.78 is 11.3. The first-order valence-electron chi connectivity index (χ1n) is 4.34. The van der Waals surface area contributed by atoms with Crippen LogP contribution in [0.3, 0.4) is 0 Å². The molecule has 11 heavy (non-hydrogen) atoms. The zero-order valence-electron chi connectivity index (χ0n) is 7.72. The van der Waals surface area contributed by atoms with Crippen molar-refractivity contribution < 1.29 is 4.21 Å². The Morgan fingerprint density at radius 3 is 2.73 bits per heavy atom. The molecule has 0 aromatic rings. The largest absolute Gasteiger partial charge is 0.260 e. The second-order valence-electron chi connectivity index (χ2n) is 4.53. The van der Waals surface area contributed by atoms with Crippen molar-refractivity contribution in [2.75, 3.05) is 11.5 Å². The second-order valence-corrected chi connectivity index (χ2v) is 6.16. The van der Waals surface area contributed by atoms with E-state index in [1.54, 1.807) is 0 Å². The van der Waals surface area contributed by atoms with Gasteiger partial charge in [0.05, 0.1) is 0 Å². The van der Waals surface area contributed by atoms with Gasteiger partial charge in [-0.3, -0.25) is 4.21 Å². The van der Waals surface area contributed by atoms with Crippen molar-refractivity contribution >= 4 is 10.8 Å². The summed E-state index contributed by atoms with van der Waals surface area (Å²) >= 11 is 0. The van der Waals surface area contributed by atoms with Gasteiger partial charge in [0.2, 0.25) is 0 Å². The molecular formula is C9H18OS. The van der Waals surface area contributed by atoms with Crippen molar-refractivity contribution in [1.29, 1.82) is 0 Å². The third kappa shape index (κ3) is 2.94. The van der Waals surface area contributed by atoms with Crippen LogP contribution < -0.4 is 0 Å². The normalized spacial score (nSPS) is 38.1. The average Bonchev–Trinajstić information content (AvgIpc) is 1.90. The van der Waals surface area contributed by atoms with E-state index in [9.17, 15) is 4.21 Å². The highest BCUT2D eigenvalue weighted by atomic mass is 32.2. The van der Waals surface area contributed by atoms with Crippen LogP contribution in [-0.2, 0) is 10.8 Å². The lowest BCUT2D eigenvalue weighted by Gasteiger charge is -2.23. The molecule has 1 nitrogen and oxygen atoms in total. The molecule has 0 amide bonds. The molecule has 2 heteroatoms. The molecule has 0 bridgehead atoms. The number of hydrogen-bond donors (Lipinski definition) is 0. The molecule has 1 heterocycles. The van der Waals surface area contributed by atoms with Crippen LogP contribution in [-0.4, -0.2) is 15.7 Å². The SMILES string of the molecule is CC1CS(=O)CCC(C)(C)C1. The summed E-state index contributed by atoms with van der Waals surface area (Å²) in [7, 11) is -0.534. The highest BCUT2D eigenvalue weighted by Gasteiger charge is 2.26. The third-order valence-electron chi connectivity index (χ3n) is 2.38. The van der Waals surface area contributed by atoms with Crippen LogP contribution in [0.4, 0.5) is 0 Å². The van der Waals surface area contributed by atoms with Gasteiger partial charge in [-0.25, -0.2) is 0 Å².